The third-order valence-corrected chi connectivity index (χ3v) is 4.63. The SMILES string of the molecule is CCCCc1ccc(-n2cc(CNCCC)nc2-c2cccc(O)c2)cc1. The molecule has 0 unspecified atom stereocenters. The van der Waals surface area contributed by atoms with Crippen molar-refractivity contribution in [3.05, 3.63) is 66.0 Å². The van der Waals surface area contributed by atoms with Crippen molar-refractivity contribution in [1.82, 2.24) is 14.9 Å². The van der Waals surface area contributed by atoms with Crippen LogP contribution in [-0.4, -0.2) is 21.2 Å². The number of nitrogens with zero attached hydrogens (tertiary/aromatic N) is 2. The monoisotopic (exact) mass is 363 g/mol. The van der Waals surface area contributed by atoms with E-state index in [1.54, 1.807) is 12.1 Å². The number of phenols is 1. The Hall–Kier alpha value is -2.59. The van der Waals surface area contributed by atoms with Crippen molar-refractivity contribution >= 4 is 0 Å². The molecule has 0 atom stereocenters. The highest BCUT2D eigenvalue weighted by Gasteiger charge is 2.12. The zero-order valence-corrected chi connectivity index (χ0v) is 16.3. The summed E-state index contributed by atoms with van der Waals surface area (Å²) in [6.07, 6.45) is 6.72. The molecule has 0 aliphatic heterocycles. The summed E-state index contributed by atoms with van der Waals surface area (Å²) in [6.45, 7) is 6.08. The maximum atomic E-state index is 9.89. The second-order valence-corrected chi connectivity index (χ2v) is 6.92. The topological polar surface area (TPSA) is 50.1 Å². The van der Waals surface area contributed by atoms with Crippen LogP contribution in [-0.2, 0) is 13.0 Å². The molecule has 0 saturated carbocycles. The van der Waals surface area contributed by atoms with Gasteiger partial charge >= 0.3 is 0 Å². The number of aryl methyl sites for hydroxylation is 1. The molecule has 0 radical (unpaired) electrons. The van der Waals surface area contributed by atoms with E-state index in [0.29, 0.717) is 0 Å². The molecule has 0 fully saturated rings. The number of aromatic nitrogens is 2. The minimum Gasteiger partial charge on any atom is -0.508 e. The van der Waals surface area contributed by atoms with Crippen LogP contribution in [0.3, 0.4) is 0 Å². The van der Waals surface area contributed by atoms with Crippen molar-refractivity contribution < 1.29 is 5.11 Å². The largest absolute Gasteiger partial charge is 0.508 e. The summed E-state index contributed by atoms with van der Waals surface area (Å²) in [4.78, 5) is 4.83. The van der Waals surface area contributed by atoms with Crippen LogP contribution in [0.15, 0.2) is 54.7 Å². The van der Waals surface area contributed by atoms with Gasteiger partial charge in [-0.05, 0) is 55.6 Å². The summed E-state index contributed by atoms with van der Waals surface area (Å²) < 4.78 is 2.11. The second kappa shape index (κ2) is 9.38. The van der Waals surface area contributed by atoms with Crippen LogP contribution in [0.4, 0.5) is 0 Å². The van der Waals surface area contributed by atoms with Gasteiger partial charge in [0, 0.05) is 24.0 Å². The molecule has 2 N–H and O–H groups in total. The van der Waals surface area contributed by atoms with E-state index in [-0.39, 0.29) is 5.75 Å². The van der Waals surface area contributed by atoms with Crippen molar-refractivity contribution in [2.75, 3.05) is 6.54 Å². The van der Waals surface area contributed by atoms with Crippen molar-refractivity contribution in [2.24, 2.45) is 0 Å². The molecule has 3 aromatic rings. The Bertz CT molecular complexity index is 852. The van der Waals surface area contributed by atoms with E-state index in [2.05, 4.69) is 54.2 Å². The number of nitrogens with one attached hydrogen (secondary N) is 1. The summed E-state index contributed by atoms with van der Waals surface area (Å²) in [5, 5.41) is 13.3. The van der Waals surface area contributed by atoms with Crippen LogP contribution in [0.1, 0.15) is 44.4 Å². The first kappa shape index (κ1) is 19.2. The Balaban J connectivity index is 1.94. The zero-order chi connectivity index (χ0) is 19.1. The van der Waals surface area contributed by atoms with Crippen LogP contribution in [0.5, 0.6) is 5.75 Å². The van der Waals surface area contributed by atoms with Gasteiger partial charge in [0.1, 0.15) is 11.6 Å². The van der Waals surface area contributed by atoms with Crippen molar-refractivity contribution in [3.8, 4) is 22.8 Å². The number of aromatic hydroxyl groups is 1. The van der Waals surface area contributed by atoms with Gasteiger partial charge in [0.2, 0.25) is 0 Å². The van der Waals surface area contributed by atoms with Crippen molar-refractivity contribution in [2.45, 2.75) is 46.1 Å². The molecule has 0 spiro atoms. The number of hydrogen-bond donors (Lipinski definition) is 2. The lowest BCUT2D eigenvalue weighted by Crippen LogP contribution is -2.13. The van der Waals surface area contributed by atoms with E-state index in [0.717, 1.165) is 48.7 Å². The van der Waals surface area contributed by atoms with E-state index in [4.69, 9.17) is 4.98 Å². The van der Waals surface area contributed by atoms with Crippen molar-refractivity contribution in [1.29, 1.82) is 0 Å². The van der Waals surface area contributed by atoms with E-state index in [1.165, 1.54) is 18.4 Å². The quantitative estimate of drug-likeness (QED) is 0.521. The molecule has 142 valence electrons. The van der Waals surface area contributed by atoms with Crippen molar-refractivity contribution in [3.63, 3.8) is 0 Å². The Kier molecular flexibility index (Phi) is 6.66. The molecular weight excluding hydrogens is 334 g/mol. The van der Waals surface area contributed by atoms with Gasteiger partial charge in [-0.1, -0.05) is 44.5 Å². The molecule has 27 heavy (non-hydrogen) atoms. The highest BCUT2D eigenvalue weighted by molar-refractivity contribution is 5.61. The average molecular weight is 364 g/mol. The number of benzene rings is 2. The summed E-state index contributed by atoms with van der Waals surface area (Å²) in [6, 6.07) is 16.0. The van der Waals surface area contributed by atoms with Gasteiger partial charge in [-0.25, -0.2) is 4.98 Å². The number of hydrogen-bond acceptors (Lipinski definition) is 3. The van der Waals surface area contributed by atoms with Gasteiger partial charge in [0.05, 0.1) is 5.69 Å². The Labute approximate surface area is 161 Å². The highest BCUT2D eigenvalue weighted by atomic mass is 16.3. The fourth-order valence-corrected chi connectivity index (χ4v) is 3.16. The minimum atomic E-state index is 0.252. The summed E-state index contributed by atoms with van der Waals surface area (Å²) >= 11 is 0. The van der Waals surface area contributed by atoms with Crippen LogP contribution in [0.25, 0.3) is 17.1 Å². The summed E-state index contributed by atoms with van der Waals surface area (Å²) in [5.74, 6) is 1.10. The number of imidazole rings is 1. The smallest absolute Gasteiger partial charge is 0.144 e. The maximum absolute atomic E-state index is 9.89. The van der Waals surface area contributed by atoms with E-state index in [1.807, 2.05) is 12.1 Å². The molecule has 0 bridgehead atoms. The first-order valence-electron chi connectivity index (χ1n) is 9.89. The number of rotatable bonds is 9. The van der Waals surface area contributed by atoms with E-state index < -0.39 is 0 Å². The molecule has 4 heteroatoms. The van der Waals surface area contributed by atoms with E-state index in [9.17, 15) is 5.11 Å². The Morgan fingerprint density at radius 2 is 1.85 bits per heavy atom. The fourth-order valence-electron chi connectivity index (χ4n) is 3.16. The predicted octanol–water partition coefficient (Wildman–Crippen LogP) is 5.09. The highest BCUT2D eigenvalue weighted by Crippen LogP contribution is 2.26. The average Bonchev–Trinajstić information content (AvgIpc) is 3.11. The molecular formula is C23H29N3O. The Morgan fingerprint density at radius 1 is 1.04 bits per heavy atom. The molecule has 2 aromatic carbocycles. The molecule has 1 aromatic heterocycles. The molecule has 0 saturated heterocycles. The normalized spacial score (nSPS) is 11.0. The lowest BCUT2D eigenvalue weighted by atomic mass is 10.1. The van der Waals surface area contributed by atoms with Crippen LogP contribution < -0.4 is 5.32 Å². The Morgan fingerprint density at radius 3 is 2.56 bits per heavy atom. The van der Waals surface area contributed by atoms with Crippen LogP contribution >= 0.6 is 0 Å². The number of phenolic OH excluding ortho intramolecular Hbond substituents is 1. The predicted molar refractivity (Wildman–Crippen MR) is 111 cm³/mol. The third-order valence-electron chi connectivity index (χ3n) is 4.63. The minimum absolute atomic E-state index is 0.252. The maximum Gasteiger partial charge on any atom is 0.144 e. The number of unbranched alkanes of at least 4 members (excludes halogenated alkanes) is 1. The summed E-state index contributed by atoms with van der Waals surface area (Å²) in [7, 11) is 0. The molecule has 3 rings (SSSR count). The van der Waals surface area contributed by atoms with Gasteiger partial charge in [0.15, 0.2) is 0 Å². The molecule has 1 heterocycles. The van der Waals surface area contributed by atoms with Gasteiger partial charge in [-0.3, -0.25) is 4.57 Å². The molecule has 0 aliphatic rings. The van der Waals surface area contributed by atoms with E-state index >= 15 is 0 Å². The lowest BCUT2D eigenvalue weighted by molar-refractivity contribution is 0.475. The van der Waals surface area contributed by atoms with Gasteiger partial charge in [-0.15, -0.1) is 0 Å². The first-order chi connectivity index (χ1) is 13.2. The zero-order valence-electron chi connectivity index (χ0n) is 16.3. The standard InChI is InChI=1S/C23H29N3O/c1-3-5-7-18-10-12-21(13-11-18)26-17-20(16-24-14-4-2)25-23(26)19-8-6-9-22(27)15-19/h6,8-13,15,17,24,27H,3-5,7,14,16H2,1-2H3. The van der Waals surface area contributed by atoms with Gasteiger partial charge in [-0.2, -0.15) is 0 Å². The summed E-state index contributed by atoms with van der Waals surface area (Å²) in [5.41, 5.74) is 4.36. The second-order valence-electron chi connectivity index (χ2n) is 6.92. The molecule has 4 nitrogen and oxygen atoms in total. The third kappa shape index (κ3) is 4.98. The van der Waals surface area contributed by atoms with Gasteiger partial charge < -0.3 is 10.4 Å². The van der Waals surface area contributed by atoms with Crippen LogP contribution in [0.2, 0.25) is 0 Å². The first-order valence-corrected chi connectivity index (χ1v) is 9.89. The fraction of sp³-hybridized carbons (Fsp3) is 0.348. The van der Waals surface area contributed by atoms with Crippen LogP contribution in [0, 0.1) is 0 Å². The lowest BCUT2D eigenvalue weighted by Gasteiger charge is -2.09. The molecule has 0 aliphatic carbocycles. The van der Waals surface area contributed by atoms with Gasteiger partial charge in [0.25, 0.3) is 0 Å². The molecule has 0 amide bonds.